The smallest absolute Gasteiger partial charge is 0.351 e. The Balaban J connectivity index is 1.78. The Bertz CT molecular complexity index is 1240. The van der Waals surface area contributed by atoms with Crippen LogP contribution in [0.4, 0.5) is 0 Å². The first-order chi connectivity index (χ1) is 12.5. The van der Waals surface area contributed by atoms with E-state index < -0.39 is 11.6 Å². The van der Waals surface area contributed by atoms with E-state index in [2.05, 4.69) is 20.9 Å². The van der Waals surface area contributed by atoms with Gasteiger partial charge < -0.3 is 9.15 Å². The van der Waals surface area contributed by atoms with Gasteiger partial charge in [-0.1, -0.05) is 27.5 Å². The molecule has 0 radical (unpaired) electrons. The second kappa shape index (κ2) is 6.55. The number of esters is 1. The molecule has 0 aliphatic rings. The third kappa shape index (κ3) is 2.98. The van der Waals surface area contributed by atoms with Gasteiger partial charge in [0, 0.05) is 21.4 Å². The Morgan fingerprint density at radius 3 is 2.85 bits per heavy atom. The van der Waals surface area contributed by atoms with Gasteiger partial charge in [-0.25, -0.2) is 9.59 Å². The SMILES string of the molecule is O=C(Oc1ccc(Cl)c2cccnc12)c1cc2cc(Br)ccc2oc1=O. The summed E-state index contributed by atoms with van der Waals surface area (Å²) in [7, 11) is 0. The van der Waals surface area contributed by atoms with Crippen LogP contribution in [0.5, 0.6) is 5.75 Å². The predicted octanol–water partition coefficient (Wildman–Crippen LogP) is 4.98. The third-order valence-corrected chi connectivity index (χ3v) is 4.62. The zero-order valence-electron chi connectivity index (χ0n) is 13.0. The Labute approximate surface area is 160 Å². The fourth-order valence-corrected chi connectivity index (χ4v) is 3.18. The maximum absolute atomic E-state index is 12.5. The number of aromatic nitrogens is 1. The molecule has 0 N–H and O–H groups in total. The molecule has 2 aromatic heterocycles. The van der Waals surface area contributed by atoms with Crippen LogP contribution < -0.4 is 10.4 Å². The molecule has 0 unspecified atom stereocenters. The number of hydrogen-bond acceptors (Lipinski definition) is 5. The summed E-state index contributed by atoms with van der Waals surface area (Å²) in [5.41, 5.74) is -0.152. The molecule has 0 aliphatic heterocycles. The van der Waals surface area contributed by atoms with Crippen LogP contribution in [0, 0.1) is 0 Å². The van der Waals surface area contributed by atoms with E-state index in [9.17, 15) is 9.59 Å². The van der Waals surface area contributed by atoms with Crippen molar-refractivity contribution in [3.8, 4) is 5.75 Å². The summed E-state index contributed by atoms with van der Waals surface area (Å²) in [5.74, 6) is -0.612. The third-order valence-electron chi connectivity index (χ3n) is 3.80. The lowest BCUT2D eigenvalue weighted by molar-refractivity contribution is 0.0732. The van der Waals surface area contributed by atoms with Crippen molar-refractivity contribution in [3.63, 3.8) is 0 Å². The number of benzene rings is 2. The summed E-state index contributed by atoms with van der Waals surface area (Å²) < 4.78 is 11.4. The summed E-state index contributed by atoms with van der Waals surface area (Å²) in [6.45, 7) is 0. The minimum atomic E-state index is -0.824. The van der Waals surface area contributed by atoms with Crippen LogP contribution in [0.1, 0.15) is 10.4 Å². The summed E-state index contributed by atoms with van der Waals surface area (Å²) >= 11 is 9.48. The molecule has 0 saturated heterocycles. The zero-order valence-corrected chi connectivity index (χ0v) is 15.4. The Morgan fingerprint density at radius 1 is 1.15 bits per heavy atom. The van der Waals surface area contributed by atoms with Crippen molar-refractivity contribution in [1.82, 2.24) is 4.98 Å². The highest BCUT2D eigenvalue weighted by molar-refractivity contribution is 9.10. The number of rotatable bonds is 2. The maximum atomic E-state index is 12.5. The van der Waals surface area contributed by atoms with Gasteiger partial charge >= 0.3 is 11.6 Å². The molecule has 5 nitrogen and oxygen atoms in total. The molecule has 0 amide bonds. The second-order valence-corrected chi connectivity index (χ2v) is 6.79. The molecule has 26 heavy (non-hydrogen) atoms. The average molecular weight is 431 g/mol. The number of pyridine rings is 1. The first-order valence-corrected chi connectivity index (χ1v) is 8.69. The van der Waals surface area contributed by atoms with Crippen LogP contribution in [-0.4, -0.2) is 11.0 Å². The summed E-state index contributed by atoms with van der Waals surface area (Å²) in [6.07, 6.45) is 1.57. The second-order valence-electron chi connectivity index (χ2n) is 5.46. The number of ether oxygens (including phenoxy) is 1. The molecule has 4 rings (SSSR count). The normalized spacial score (nSPS) is 11.0. The van der Waals surface area contributed by atoms with Crippen molar-refractivity contribution in [3.05, 3.63) is 80.2 Å². The highest BCUT2D eigenvalue weighted by Gasteiger charge is 2.18. The van der Waals surface area contributed by atoms with E-state index in [1.165, 1.54) is 12.1 Å². The molecule has 2 aromatic carbocycles. The first kappa shape index (κ1) is 16.8. The molecule has 2 heterocycles. The highest BCUT2D eigenvalue weighted by Crippen LogP contribution is 2.30. The van der Waals surface area contributed by atoms with Crippen LogP contribution in [0.2, 0.25) is 5.02 Å². The molecule has 0 bridgehead atoms. The first-order valence-electron chi connectivity index (χ1n) is 7.52. The molecule has 0 aliphatic carbocycles. The number of fused-ring (bicyclic) bond motifs is 2. The van der Waals surface area contributed by atoms with Gasteiger partial charge in [0.25, 0.3) is 0 Å². The number of halogens is 2. The van der Waals surface area contributed by atoms with Gasteiger partial charge in [0.15, 0.2) is 5.75 Å². The molecular weight excluding hydrogens is 422 g/mol. The maximum Gasteiger partial charge on any atom is 0.351 e. The topological polar surface area (TPSA) is 69.4 Å². The molecule has 0 saturated carbocycles. The fourth-order valence-electron chi connectivity index (χ4n) is 2.59. The molecule has 0 atom stereocenters. The Morgan fingerprint density at radius 2 is 2.00 bits per heavy atom. The van der Waals surface area contributed by atoms with Crippen molar-refractivity contribution < 1.29 is 13.9 Å². The largest absolute Gasteiger partial charge is 0.422 e. The zero-order chi connectivity index (χ0) is 18.3. The molecule has 4 aromatic rings. The van der Waals surface area contributed by atoms with E-state index in [-0.39, 0.29) is 11.3 Å². The lowest BCUT2D eigenvalue weighted by atomic mass is 10.2. The minimum absolute atomic E-state index is 0.199. The van der Waals surface area contributed by atoms with E-state index in [1.807, 2.05) is 0 Å². The Hall–Kier alpha value is -2.70. The van der Waals surface area contributed by atoms with E-state index >= 15 is 0 Å². The van der Waals surface area contributed by atoms with Crippen molar-refractivity contribution in [2.24, 2.45) is 0 Å². The summed E-state index contributed by atoms with van der Waals surface area (Å²) in [4.78, 5) is 28.9. The van der Waals surface area contributed by atoms with Crippen LogP contribution in [0.15, 0.2) is 68.4 Å². The van der Waals surface area contributed by atoms with Gasteiger partial charge in [-0.05, 0) is 48.5 Å². The van der Waals surface area contributed by atoms with E-state index in [0.717, 1.165) is 4.47 Å². The van der Waals surface area contributed by atoms with Gasteiger partial charge in [0.1, 0.15) is 16.7 Å². The lowest BCUT2D eigenvalue weighted by Crippen LogP contribution is -2.18. The van der Waals surface area contributed by atoms with Gasteiger partial charge in [0.2, 0.25) is 0 Å². The number of hydrogen-bond donors (Lipinski definition) is 0. The van der Waals surface area contributed by atoms with E-state index in [4.69, 9.17) is 20.8 Å². The average Bonchev–Trinajstić information content (AvgIpc) is 2.64. The standard InChI is InChI=1S/C19H9BrClNO4/c20-11-3-5-15-10(8-11)9-13(18(23)25-15)19(24)26-16-6-4-14(21)12-2-1-7-22-17(12)16/h1-9H. The molecule has 0 spiro atoms. The van der Waals surface area contributed by atoms with Crippen LogP contribution in [-0.2, 0) is 0 Å². The van der Waals surface area contributed by atoms with Crippen molar-refractivity contribution >= 4 is 55.4 Å². The highest BCUT2D eigenvalue weighted by atomic mass is 79.9. The molecule has 7 heteroatoms. The fraction of sp³-hybridized carbons (Fsp3) is 0. The molecule has 0 fully saturated rings. The monoisotopic (exact) mass is 429 g/mol. The number of nitrogens with zero attached hydrogens (tertiary/aromatic N) is 1. The number of carbonyl (C=O) groups is 1. The predicted molar refractivity (Wildman–Crippen MR) is 102 cm³/mol. The van der Waals surface area contributed by atoms with Crippen LogP contribution in [0.3, 0.4) is 0 Å². The van der Waals surface area contributed by atoms with Crippen LogP contribution in [0.25, 0.3) is 21.9 Å². The van der Waals surface area contributed by atoms with E-state index in [1.54, 1.807) is 42.6 Å². The van der Waals surface area contributed by atoms with E-state index in [0.29, 0.717) is 26.9 Å². The summed E-state index contributed by atoms with van der Waals surface area (Å²) in [6, 6.07) is 13.2. The van der Waals surface area contributed by atoms with Gasteiger partial charge in [-0.15, -0.1) is 0 Å². The van der Waals surface area contributed by atoms with Gasteiger partial charge in [-0.3, -0.25) is 4.98 Å². The summed E-state index contributed by atoms with van der Waals surface area (Å²) in [5, 5.41) is 1.74. The lowest BCUT2D eigenvalue weighted by Gasteiger charge is -2.08. The van der Waals surface area contributed by atoms with Crippen molar-refractivity contribution in [2.75, 3.05) is 0 Å². The van der Waals surface area contributed by atoms with Gasteiger partial charge in [0.05, 0.1) is 5.02 Å². The molecular formula is C19H9BrClNO4. The van der Waals surface area contributed by atoms with Crippen molar-refractivity contribution in [2.45, 2.75) is 0 Å². The Kier molecular flexibility index (Phi) is 4.22. The minimum Gasteiger partial charge on any atom is -0.422 e. The van der Waals surface area contributed by atoms with Crippen molar-refractivity contribution in [1.29, 1.82) is 0 Å². The van der Waals surface area contributed by atoms with Crippen LogP contribution >= 0.6 is 27.5 Å². The quantitative estimate of drug-likeness (QED) is 0.255. The molecule has 128 valence electrons. The van der Waals surface area contributed by atoms with Gasteiger partial charge in [-0.2, -0.15) is 0 Å². The number of carbonyl (C=O) groups excluding carboxylic acids is 1.